The molecule has 2 aromatic carbocycles. The zero-order valence-electron chi connectivity index (χ0n) is 10.9. The number of aromatic hydroxyl groups is 1. The summed E-state index contributed by atoms with van der Waals surface area (Å²) in [6.45, 7) is 0.157. The molecule has 0 aromatic heterocycles. The van der Waals surface area contributed by atoms with E-state index < -0.39 is 5.97 Å². The maximum absolute atomic E-state index is 11.7. The molecule has 2 aromatic rings. The average molecular weight is 327 g/mol. The lowest BCUT2D eigenvalue weighted by atomic mass is 10.2. The standard InChI is InChI=1S/C15H12Cl2O4/c16-12-8-11(18)9-13(17)14(12)20-6-7-21-15(19)10-4-2-1-3-5-10/h1-5,8-9,18H,6-7H2. The monoisotopic (exact) mass is 326 g/mol. The first-order chi connectivity index (χ1) is 10.1. The summed E-state index contributed by atoms with van der Waals surface area (Å²) in [5, 5.41) is 9.67. The maximum Gasteiger partial charge on any atom is 0.338 e. The quantitative estimate of drug-likeness (QED) is 0.668. The van der Waals surface area contributed by atoms with E-state index in [0.717, 1.165) is 0 Å². The van der Waals surface area contributed by atoms with Gasteiger partial charge in [-0.15, -0.1) is 0 Å². The van der Waals surface area contributed by atoms with Crippen LogP contribution in [0.25, 0.3) is 0 Å². The lowest BCUT2D eigenvalue weighted by Gasteiger charge is -2.10. The van der Waals surface area contributed by atoms with Crippen molar-refractivity contribution in [2.75, 3.05) is 13.2 Å². The van der Waals surface area contributed by atoms with E-state index >= 15 is 0 Å². The summed E-state index contributed by atoms with van der Waals surface area (Å²) in [7, 11) is 0. The number of carbonyl (C=O) groups is 1. The van der Waals surface area contributed by atoms with Crippen LogP contribution in [0.4, 0.5) is 0 Å². The molecule has 0 fully saturated rings. The molecule has 0 spiro atoms. The molecular weight excluding hydrogens is 315 g/mol. The molecule has 0 aliphatic rings. The largest absolute Gasteiger partial charge is 0.508 e. The van der Waals surface area contributed by atoms with Crippen LogP contribution >= 0.6 is 23.2 Å². The number of esters is 1. The molecule has 0 bridgehead atoms. The van der Waals surface area contributed by atoms with E-state index in [0.29, 0.717) is 5.56 Å². The second-order valence-corrected chi connectivity index (χ2v) is 4.90. The topological polar surface area (TPSA) is 55.8 Å². The van der Waals surface area contributed by atoms with Crippen LogP contribution in [0.2, 0.25) is 10.0 Å². The van der Waals surface area contributed by atoms with Gasteiger partial charge in [0.1, 0.15) is 19.0 Å². The number of rotatable bonds is 5. The number of hydrogen-bond acceptors (Lipinski definition) is 4. The normalized spacial score (nSPS) is 10.2. The maximum atomic E-state index is 11.7. The van der Waals surface area contributed by atoms with Crippen LogP contribution in [0.1, 0.15) is 10.4 Å². The van der Waals surface area contributed by atoms with Crippen molar-refractivity contribution >= 4 is 29.2 Å². The zero-order chi connectivity index (χ0) is 15.2. The van der Waals surface area contributed by atoms with Gasteiger partial charge in [-0.05, 0) is 12.1 Å². The first kappa shape index (κ1) is 15.5. The van der Waals surface area contributed by atoms with Crippen LogP contribution in [-0.2, 0) is 4.74 Å². The third kappa shape index (κ3) is 4.28. The van der Waals surface area contributed by atoms with Crippen LogP contribution in [0.5, 0.6) is 11.5 Å². The van der Waals surface area contributed by atoms with Gasteiger partial charge in [0.25, 0.3) is 0 Å². The Morgan fingerprint density at radius 2 is 1.67 bits per heavy atom. The lowest BCUT2D eigenvalue weighted by molar-refractivity contribution is 0.0450. The van der Waals surface area contributed by atoms with Crippen molar-refractivity contribution in [2.24, 2.45) is 0 Å². The minimum atomic E-state index is -0.429. The predicted molar refractivity (Wildman–Crippen MR) is 80.3 cm³/mol. The van der Waals surface area contributed by atoms with Gasteiger partial charge in [0.05, 0.1) is 15.6 Å². The number of ether oxygens (including phenoxy) is 2. The van der Waals surface area contributed by atoms with Crippen molar-refractivity contribution in [2.45, 2.75) is 0 Å². The molecule has 0 aliphatic heterocycles. The van der Waals surface area contributed by atoms with E-state index in [4.69, 9.17) is 32.7 Å². The third-order valence-electron chi connectivity index (χ3n) is 2.56. The Hall–Kier alpha value is -1.91. The molecule has 0 radical (unpaired) electrons. The van der Waals surface area contributed by atoms with Gasteiger partial charge < -0.3 is 14.6 Å². The van der Waals surface area contributed by atoms with Gasteiger partial charge in [-0.1, -0.05) is 41.4 Å². The first-order valence-corrected chi connectivity index (χ1v) is 6.86. The summed E-state index contributed by atoms with van der Waals surface area (Å²) in [5.41, 5.74) is 0.471. The Bertz CT molecular complexity index is 606. The second kappa shape index (κ2) is 7.20. The van der Waals surface area contributed by atoms with Crippen molar-refractivity contribution in [3.05, 3.63) is 58.1 Å². The minimum absolute atomic E-state index is 0.0483. The highest BCUT2D eigenvalue weighted by molar-refractivity contribution is 6.37. The number of benzene rings is 2. The van der Waals surface area contributed by atoms with E-state index in [1.165, 1.54) is 12.1 Å². The van der Waals surface area contributed by atoms with E-state index in [2.05, 4.69) is 0 Å². The highest BCUT2D eigenvalue weighted by Crippen LogP contribution is 2.36. The molecule has 0 amide bonds. The highest BCUT2D eigenvalue weighted by atomic mass is 35.5. The fourth-order valence-electron chi connectivity index (χ4n) is 1.62. The number of hydrogen-bond donors (Lipinski definition) is 1. The zero-order valence-corrected chi connectivity index (χ0v) is 12.4. The van der Waals surface area contributed by atoms with Crippen molar-refractivity contribution < 1.29 is 19.4 Å². The Morgan fingerprint density at radius 3 is 2.29 bits per heavy atom. The molecule has 2 rings (SSSR count). The summed E-state index contributed by atoms with van der Waals surface area (Å²) < 4.78 is 10.4. The SMILES string of the molecule is O=C(OCCOc1c(Cl)cc(O)cc1Cl)c1ccccc1. The number of carbonyl (C=O) groups excluding carboxylic acids is 1. The fraction of sp³-hybridized carbons (Fsp3) is 0.133. The molecule has 0 unspecified atom stereocenters. The molecule has 0 heterocycles. The van der Waals surface area contributed by atoms with Crippen LogP contribution in [0.15, 0.2) is 42.5 Å². The lowest BCUT2D eigenvalue weighted by Crippen LogP contribution is -2.12. The predicted octanol–water partition coefficient (Wildman–Crippen LogP) is 3.93. The van der Waals surface area contributed by atoms with Crippen molar-refractivity contribution in [1.29, 1.82) is 0 Å². The Kier molecular flexibility index (Phi) is 5.31. The Labute approximate surface area is 131 Å². The summed E-state index contributed by atoms with van der Waals surface area (Å²) in [6, 6.07) is 11.3. The van der Waals surface area contributed by atoms with Gasteiger partial charge in [0.2, 0.25) is 0 Å². The third-order valence-corrected chi connectivity index (χ3v) is 3.12. The molecule has 1 N–H and O–H groups in total. The first-order valence-electron chi connectivity index (χ1n) is 6.11. The summed E-state index contributed by atoms with van der Waals surface area (Å²) >= 11 is 11.8. The van der Waals surface area contributed by atoms with Crippen LogP contribution < -0.4 is 4.74 Å². The average Bonchev–Trinajstić information content (AvgIpc) is 2.46. The van der Waals surface area contributed by atoms with Gasteiger partial charge in [-0.2, -0.15) is 0 Å². The van der Waals surface area contributed by atoms with E-state index in [1.807, 2.05) is 6.07 Å². The smallest absolute Gasteiger partial charge is 0.338 e. The van der Waals surface area contributed by atoms with E-state index in [-0.39, 0.29) is 34.8 Å². The fourth-order valence-corrected chi connectivity index (χ4v) is 2.20. The minimum Gasteiger partial charge on any atom is -0.508 e. The van der Waals surface area contributed by atoms with Crippen LogP contribution in [-0.4, -0.2) is 24.3 Å². The van der Waals surface area contributed by atoms with Crippen LogP contribution in [0, 0.1) is 0 Å². The summed E-state index contributed by atoms with van der Waals surface area (Å²) in [5.74, 6) is -0.234. The van der Waals surface area contributed by atoms with Crippen molar-refractivity contribution in [3.63, 3.8) is 0 Å². The van der Waals surface area contributed by atoms with E-state index in [9.17, 15) is 9.90 Å². The molecule has 0 atom stereocenters. The number of phenols is 1. The van der Waals surface area contributed by atoms with Gasteiger partial charge in [0, 0.05) is 12.1 Å². The molecule has 21 heavy (non-hydrogen) atoms. The molecule has 4 nitrogen and oxygen atoms in total. The van der Waals surface area contributed by atoms with Crippen molar-refractivity contribution in [1.82, 2.24) is 0 Å². The number of halogens is 2. The summed E-state index contributed by atoms with van der Waals surface area (Å²) in [4.78, 5) is 11.7. The summed E-state index contributed by atoms with van der Waals surface area (Å²) in [6.07, 6.45) is 0. The number of phenolic OH excluding ortho intramolecular Hbond substituents is 1. The molecule has 110 valence electrons. The molecule has 0 aliphatic carbocycles. The van der Waals surface area contributed by atoms with Gasteiger partial charge >= 0.3 is 5.97 Å². The highest BCUT2D eigenvalue weighted by Gasteiger charge is 2.10. The Balaban J connectivity index is 1.84. The van der Waals surface area contributed by atoms with Gasteiger partial charge in [-0.3, -0.25) is 0 Å². The van der Waals surface area contributed by atoms with Crippen LogP contribution in [0.3, 0.4) is 0 Å². The molecular formula is C15H12Cl2O4. The second-order valence-electron chi connectivity index (χ2n) is 4.09. The molecule has 0 saturated heterocycles. The Morgan fingerprint density at radius 1 is 1.05 bits per heavy atom. The van der Waals surface area contributed by atoms with Gasteiger partial charge in [0.15, 0.2) is 5.75 Å². The molecule has 0 saturated carbocycles. The molecule has 6 heteroatoms. The van der Waals surface area contributed by atoms with Crippen molar-refractivity contribution in [3.8, 4) is 11.5 Å². The van der Waals surface area contributed by atoms with Gasteiger partial charge in [-0.25, -0.2) is 4.79 Å². The van der Waals surface area contributed by atoms with E-state index in [1.54, 1.807) is 24.3 Å².